The Bertz CT molecular complexity index is 1140. The molecule has 29 heavy (non-hydrogen) atoms. The Labute approximate surface area is 165 Å². The van der Waals surface area contributed by atoms with E-state index in [0.717, 1.165) is 11.3 Å². The molecule has 0 saturated carbocycles. The van der Waals surface area contributed by atoms with E-state index in [2.05, 4.69) is 30.7 Å². The zero-order valence-corrected chi connectivity index (χ0v) is 15.5. The van der Waals surface area contributed by atoms with Crippen molar-refractivity contribution in [3.8, 4) is 11.4 Å². The van der Waals surface area contributed by atoms with Gasteiger partial charge in [0, 0.05) is 17.8 Å². The van der Waals surface area contributed by atoms with E-state index >= 15 is 0 Å². The highest BCUT2D eigenvalue weighted by atomic mass is 19.1. The lowest BCUT2D eigenvalue weighted by molar-refractivity contribution is 0.170. The van der Waals surface area contributed by atoms with Gasteiger partial charge in [-0.05, 0) is 54.1 Å². The predicted octanol–water partition coefficient (Wildman–Crippen LogP) is 3.53. The Morgan fingerprint density at radius 1 is 1.03 bits per heavy atom. The number of halogens is 1. The third-order valence-corrected chi connectivity index (χ3v) is 4.21. The van der Waals surface area contributed by atoms with Crippen LogP contribution in [0.2, 0.25) is 0 Å². The Morgan fingerprint density at radius 2 is 1.79 bits per heavy atom. The van der Waals surface area contributed by atoms with E-state index in [9.17, 15) is 9.18 Å². The number of aromatic nitrogens is 4. The van der Waals surface area contributed by atoms with Crippen molar-refractivity contribution >= 4 is 23.2 Å². The summed E-state index contributed by atoms with van der Waals surface area (Å²) in [5, 5.41) is 18.6. The fourth-order valence-electron chi connectivity index (χ4n) is 2.73. The average Bonchev–Trinajstić information content (AvgIpc) is 3.17. The number of methoxy groups -OCH3 is 1. The molecule has 4 aromatic rings. The standard InChI is InChI=1S/C20H17FN6O2/c1-29-20(28)22-12-13-2-8-16(9-3-13)23-17-10-11-18-24-25-19(27(18)26-17)14-4-6-15(21)7-5-14/h2-11H,12H2,1H3,(H,22,28)(H,23,26). The number of amides is 1. The molecular formula is C20H17FN6O2. The minimum Gasteiger partial charge on any atom is -0.453 e. The van der Waals surface area contributed by atoms with Gasteiger partial charge in [0.15, 0.2) is 17.3 Å². The molecule has 2 aromatic carbocycles. The summed E-state index contributed by atoms with van der Waals surface area (Å²) in [5.41, 5.74) is 3.06. The molecule has 2 heterocycles. The molecule has 4 rings (SSSR count). The fourth-order valence-corrected chi connectivity index (χ4v) is 2.73. The second-order valence-electron chi connectivity index (χ2n) is 6.19. The van der Waals surface area contributed by atoms with E-state index in [0.29, 0.717) is 29.4 Å². The third kappa shape index (κ3) is 4.13. The lowest BCUT2D eigenvalue weighted by Gasteiger charge is -2.08. The van der Waals surface area contributed by atoms with E-state index in [-0.39, 0.29) is 5.82 Å². The van der Waals surface area contributed by atoms with Crippen LogP contribution in [0.15, 0.2) is 60.7 Å². The van der Waals surface area contributed by atoms with Crippen LogP contribution < -0.4 is 10.6 Å². The average molecular weight is 392 g/mol. The molecule has 2 aromatic heterocycles. The van der Waals surface area contributed by atoms with Crippen LogP contribution in [0.1, 0.15) is 5.56 Å². The smallest absolute Gasteiger partial charge is 0.407 e. The molecule has 9 heteroatoms. The molecule has 0 radical (unpaired) electrons. The summed E-state index contributed by atoms with van der Waals surface area (Å²) in [6, 6.07) is 17.1. The van der Waals surface area contributed by atoms with Gasteiger partial charge in [0.1, 0.15) is 5.82 Å². The predicted molar refractivity (Wildman–Crippen MR) is 105 cm³/mol. The molecule has 0 spiro atoms. The van der Waals surface area contributed by atoms with Crippen LogP contribution in [-0.4, -0.2) is 33.0 Å². The molecule has 8 nitrogen and oxygen atoms in total. The summed E-state index contributed by atoms with van der Waals surface area (Å²) in [6.45, 7) is 0.374. The highest BCUT2D eigenvalue weighted by Gasteiger charge is 2.10. The van der Waals surface area contributed by atoms with Gasteiger partial charge in [0.2, 0.25) is 0 Å². The van der Waals surface area contributed by atoms with Crippen molar-refractivity contribution < 1.29 is 13.9 Å². The molecule has 0 fully saturated rings. The van der Waals surface area contributed by atoms with Crippen molar-refractivity contribution in [1.29, 1.82) is 0 Å². The van der Waals surface area contributed by atoms with Gasteiger partial charge in [-0.2, -0.15) is 4.52 Å². The van der Waals surface area contributed by atoms with Gasteiger partial charge >= 0.3 is 6.09 Å². The van der Waals surface area contributed by atoms with Crippen LogP contribution in [0.5, 0.6) is 0 Å². The first-order chi connectivity index (χ1) is 14.1. The topological polar surface area (TPSA) is 93.4 Å². The van der Waals surface area contributed by atoms with Crippen LogP contribution >= 0.6 is 0 Å². The second-order valence-corrected chi connectivity index (χ2v) is 6.19. The Kier molecular flexibility index (Phi) is 5.02. The molecule has 0 aliphatic rings. The minimum absolute atomic E-state index is 0.317. The number of hydrogen-bond acceptors (Lipinski definition) is 6. The first-order valence-corrected chi connectivity index (χ1v) is 8.78. The van der Waals surface area contributed by atoms with Gasteiger partial charge in [0.05, 0.1) is 7.11 Å². The number of alkyl carbamates (subject to hydrolysis) is 1. The van der Waals surface area contributed by atoms with Gasteiger partial charge in [0.25, 0.3) is 0 Å². The SMILES string of the molecule is COC(=O)NCc1ccc(Nc2ccc3nnc(-c4ccc(F)cc4)n3n2)cc1. The molecule has 2 N–H and O–H groups in total. The number of ether oxygens (including phenoxy) is 1. The molecular weight excluding hydrogens is 375 g/mol. The number of fused-ring (bicyclic) bond motifs is 1. The third-order valence-electron chi connectivity index (χ3n) is 4.21. The van der Waals surface area contributed by atoms with E-state index in [4.69, 9.17) is 0 Å². The van der Waals surface area contributed by atoms with Gasteiger partial charge in [-0.25, -0.2) is 9.18 Å². The molecule has 0 unspecified atom stereocenters. The number of rotatable bonds is 5. The number of hydrogen-bond donors (Lipinski definition) is 2. The van der Waals surface area contributed by atoms with Crippen LogP contribution in [0.4, 0.5) is 20.7 Å². The van der Waals surface area contributed by atoms with Crippen molar-refractivity contribution in [1.82, 2.24) is 25.1 Å². The van der Waals surface area contributed by atoms with E-state index in [1.54, 1.807) is 28.8 Å². The lowest BCUT2D eigenvalue weighted by atomic mass is 10.2. The first-order valence-electron chi connectivity index (χ1n) is 8.78. The zero-order chi connectivity index (χ0) is 20.2. The Balaban J connectivity index is 1.53. The highest BCUT2D eigenvalue weighted by molar-refractivity contribution is 5.67. The van der Waals surface area contributed by atoms with E-state index in [1.807, 2.05) is 24.3 Å². The lowest BCUT2D eigenvalue weighted by Crippen LogP contribution is -2.22. The summed E-state index contributed by atoms with van der Waals surface area (Å²) in [5.74, 6) is 0.803. The molecule has 0 aliphatic heterocycles. The summed E-state index contributed by atoms with van der Waals surface area (Å²) < 4.78 is 19.3. The fraction of sp³-hybridized carbons (Fsp3) is 0.100. The maximum Gasteiger partial charge on any atom is 0.407 e. The Hall–Kier alpha value is -4.01. The molecule has 146 valence electrons. The number of benzene rings is 2. The maximum atomic E-state index is 13.2. The van der Waals surface area contributed by atoms with Gasteiger partial charge in [-0.1, -0.05) is 12.1 Å². The quantitative estimate of drug-likeness (QED) is 0.540. The summed E-state index contributed by atoms with van der Waals surface area (Å²) >= 11 is 0. The van der Waals surface area contributed by atoms with Crippen LogP contribution in [-0.2, 0) is 11.3 Å². The molecule has 0 bridgehead atoms. The number of nitrogens with zero attached hydrogens (tertiary/aromatic N) is 4. The summed E-state index contributed by atoms with van der Waals surface area (Å²) in [4.78, 5) is 11.1. The molecule has 0 aliphatic carbocycles. The van der Waals surface area contributed by atoms with Crippen LogP contribution in [0, 0.1) is 5.82 Å². The van der Waals surface area contributed by atoms with Crippen LogP contribution in [0.25, 0.3) is 17.0 Å². The highest BCUT2D eigenvalue weighted by Crippen LogP contribution is 2.20. The van der Waals surface area contributed by atoms with E-state index < -0.39 is 6.09 Å². The van der Waals surface area contributed by atoms with Crippen molar-refractivity contribution in [2.45, 2.75) is 6.54 Å². The largest absolute Gasteiger partial charge is 0.453 e. The van der Waals surface area contributed by atoms with Crippen LogP contribution in [0.3, 0.4) is 0 Å². The summed E-state index contributed by atoms with van der Waals surface area (Å²) in [6.07, 6.45) is -0.476. The maximum absolute atomic E-state index is 13.2. The van der Waals surface area contributed by atoms with Crippen molar-refractivity contribution in [2.75, 3.05) is 12.4 Å². The molecule has 0 atom stereocenters. The van der Waals surface area contributed by atoms with Crippen molar-refractivity contribution in [3.05, 3.63) is 72.0 Å². The van der Waals surface area contributed by atoms with Crippen molar-refractivity contribution in [3.63, 3.8) is 0 Å². The van der Waals surface area contributed by atoms with Gasteiger partial charge < -0.3 is 15.4 Å². The number of anilines is 2. The summed E-state index contributed by atoms with van der Waals surface area (Å²) in [7, 11) is 1.32. The molecule has 1 amide bonds. The number of carbonyl (C=O) groups is 1. The normalized spacial score (nSPS) is 10.7. The monoisotopic (exact) mass is 392 g/mol. The number of nitrogens with one attached hydrogen (secondary N) is 2. The van der Waals surface area contributed by atoms with Gasteiger partial charge in [-0.15, -0.1) is 15.3 Å². The van der Waals surface area contributed by atoms with E-state index in [1.165, 1.54) is 19.2 Å². The Morgan fingerprint density at radius 3 is 2.52 bits per heavy atom. The zero-order valence-electron chi connectivity index (χ0n) is 15.5. The minimum atomic E-state index is -0.476. The van der Waals surface area contributed by atoms with Gasteiger partial charge in [-0.3, -0.25) is 0 Å². The first kappa shape index (κ1) is 18.4. The van der Waals surface area contributed by atoms with Crippen molar-refractivity contribution in [2.24, 2.45) is 0 Å². The number of carbonyl (C=O) groups excluding carboxylic acids is 1. The molecule has 0 saturated heterocycles. The second kappa shape index (κ2) is 7.93.